The van der Waals surface area contributed by atoms with Gasteiger partial charge in [0.25, 0.3) is 17.0 Å². The molecule has 8 aromatic rings. The van der Waals surface area contributed by atoms with Gasteiger partial charge in [0, 0.05) is 53.1 Å². The molecule has 0 radical (unpaired) electrons. The quantitative estimate of drug-likeness (QED) is 0.0530. The van der Waals surface area contributed by atoms with E-state index in [4.69, 9.17) is 27.6 Å². The molecule has 0 unspecified atom stereocenters. The van der Waals surface area contributed by atoms with Crippen LogP contribution in [0.25, 0.3) is 27.8 Å². The van der Waals surface area contributed by atoms with Crippen LogP contribution in [0.4, 0.5) is 26.0 Å². The number of Topliss-reactive ketones (excluding diaryl/α,β-unsaturated/α-hetero) is 2. The molecular weight excluding hydrogens is 1180 g/mol. The maximum Gasteiger partial charge on any atom is 0.336 e. The number of hydrogen-bond acceptors (Lipinski definition) is 12. The lowest BCUT2D eigenvalue weighted by atomic mass is 9.85. The van der Waals surface area contributed by atoms with Crippen molar-refractivity contribution >= 4 is 103 Å². The van der Waals surface area contributed by atoms with Gasteiger partial charge in [0.05, 0.1) is 62.6 Å². The number of nitrogens with zero attached hydrogens (tertiary/aromatic N) is 5. The van der Waals surface area contributed by atoms with Gasteiger partial charge < -0.3 is 25.7 Å². The van der Waals surface area contributed by atoms with Crippen molar-refractivity contribution in [3.63, 3.8) is 0 Å². The van der Waals surface area contributed by atoms with Crippen molar-refractivity contribution < 1.29 is 27.6 Å². The molecule has 9 rings (SSSR count). The molecule has 3 aromatic carbocycles. The number of ketones is 2. The number of amides is 1. The summed E-state index contributed by atoms with van der Waals surface area (Å²) in [5.41, 5.74) is -1.37. The van der Waals surface area contributed by atoms with Crippen LogP contribution < -0.4 is 38.1 Å². The second-order valence-corrected chi connectivity index (χ2v) is 23.7. The van der Waals surface area contributed by atoms with Crippen molar-refractivity contribution in [1.82, 2.24) is 34.1 Å². The zero-order chi connectivity index (χ0) is 56.1. The second kappa shape index (κ2) is 22.2. The Balaban J connectivity index is 0.892. The Morgan fingerprint density at radius 3 is 2.23 bits per heavy atom. The molecule has 1 saturated carbocycles. The largest absolute Gasteiger partial charge is 0.464 e. The van der Waals surface area contributed by atoms with Gasteiger partial charge in [-0.05, 0) is 149 Å². The standard InChI is InChI=1S/C56H54Cl2F2IN9O7S/c1-29-47-46(50(67(6)52(29)74)66-40-17-14-32(61)22-39(40)60)53(75)70(35-15-16-35)54(76)69(47)36-13-9-12-33(23-36)63-28-43(72)56(4,5)45-19-18-44(77-45)55(2,3)42(71)27-62-25-34(21-30-10-8-11-31(59)20-30)65-51(73)41-24-37(49(58)78-41)48-38(57)26-64-68(48)7/h8-14,17-20,22-24,26,34-35,62-63,66H,15-16,21,25,27-28H2,1-7H3,(H,65,73)/t34-/m0/s1. The van der Waals surface area contributed by atoms with Crippen LogP contribution in [-0.2, 0) is 40.9 Å². The Labute approximate surface area is 473 Å². The Hall–Kier alpha value is -6.72. The molecule has 0 bridgehead atoms. The Kier molecular flexibility index (Phi) is 15.9. The highest BCUT2D eigenvalue weighted by atomic mass is 127. The van der Waals surface area contributed by atoms with Crippen LogP contribution in [0.1, 0.15) is 78.9 Å². The van der Waals surface area contributed by atoms with E-state index in [-0.39, 0.29) is 71.6 Å². The number of anilines is 3. The van der Waals surface area contributed by atoms with Crippen LogP contribution in [0, 0.1) is 22.1 Å². The minimum Gasteiger partial charge on any atom is -0.464 e. The van der Waals surface area contributed by atoms with Crippen LogP contribution in [0.2, 0.25) is 9.36 Å². The van der Waals surface area contributed by atoms with Crippen molar-refractivity contribution in [3.05, 3.63) is 174 Å². The lowest BCUT2D eigenvalue weighted by molar-refractivity contribution is -0.123. The number of carbonyl (C=O) groups excluding carboxylic acids is 3. The number of rotatable bonds is 20. The Bertz CT molecular complexity index is 3870. The molecule has 5 aromatic heterocycles. The van der Waals surface area contributed by atoms with Gasteiger partial charge in [0.2, 0.25) is 0 Å². The first-order valence-electron chi connectivity index (χ1n) is 24.8. The first kappa shape index (κ1) is 56.0. The summed E-state index contributed by atoms with van der Waals surface area (Å²) in [7, 11) is 3.19. The number of thiophene rings is 1. The fourth-order valence-corrected chi connectivity index (χ4v) is 11.2. The molecular formula is C56H54Cl2F2IN9O7S. The predicted octanol–water partition coefficient (Wildman–Crippen LogP) is 9.92. The molecule has 78 heavy (non-hydrogen) atoms. The van der Waals surface area contributed by atoms with E-state index < -0.39 is 51.2 Å². The van der Waals surface area contributed by atoms with Crippen LogP contribution in [0.15, 0.2) is 110 Å². The molecule has 1 fully saturated rings. The summed E-state index contributed by atoms with van der Waals surface area (Å²) in [5.74, 6) is -1.28. The van der Waals surface area contributed by atoms with Crippen LogP contribution >= 0.6 is 57.1 Å². The van der Waals surface area contributed by atoms with E-state index in [0.717, 1.165) is 11.3 Å². The van der Waals surface area contributed by atoms with Gasteiger partial charge in [-0.3, -0.25) is 42.4 Å². The molecule has 22 heteroatoms. The van der Waals surface area contributed by atoms with Gasteiger partial charge >= 0.3 is 5.69 Å². The molecule has 1 aliphatic carbocycles. The van der Waals surface area contributed by atoms with Gasteiger partial charge in [0.15, 0.2) is 11.6 Å². The monoisotopic (exact) mass is 1230 g/mol. The number of aromatic nitrogens is 5. The zero-order valence-corrected chi connectivity index (χ0v) is 47.9. The highest BCUT2D eigenvalue weighted by Gasteiger charge is 2.38. The molecule has 1 atom stereocenters. The number of benzene rings is 3. The van der Waals surface area contributed by atoms with Gasteiger partial charge in [-0.2, -0.15) is 5.10 Å². The Morgan fingerprint density at radius 2 is 1.58 bits per heavy atom. The number of hydrogen-bond donors (Lipinski definition) is 4. The number of halogens is 5. The first-order chi connectivity index (χ1) is 37.0. The number of carbonyl (C=O) groups is 3. The van der Waals surface area contributed by atoms with E-state index >= 15 is 4.39 Å². The van der Waals surface area contributed by atoms with Crippen LogP contribution in [0.5, 0.6) is 0 Å². The van der Waals surface area contributed by atoms with Crippen molar-refractivity contribution in [2.24, 2.45) is 14.1 Å². The third kappa shape index (κ3) is 11.1. The predicted molar refractivity (Wildman–Crippen MR) is 308 cm³/mol. The lowest BCUT2D eigenvalue weighted by Crippen LogP contribution is -2.46. The van der Waals surface area contributed by atoms with Gasteiger partial charge in [-0.1, -0.05) is 41.4 Å². The maximum atomic E-state index is 15.3. The van der Waals surface area contributed by atoms with Crippen molar-refractivity contribution in [1.29, 1.82) is 0 Å². The molecule has 0 aliphatic heterocycles. The second-order valence-electron chi connectivity index (χ2n) is 20.4. The average Bonchev–Trinajstić information content (AvgIpc) is 3.95. The third-order valence-electron chi connectivity index (χ3n) is 14.2. The summed E-state index contributed by atoms with van der Waals surface area (Å²) in [5, 5.41) is 16.9. The van der Waals surface area contributed by atoms with Gasteiger partial charge in [-0.15, -0.1) is 11.3 Å². The van der Waals surface area contributed by atoms with Crippen LogP contribution in [0.3, 0.4) is 0 Å². The molecule has 0 spiro atoms. The SMILES string of the molecule is Cc1c(=O)n(C)c(Nc2ccc(I)cc2F)c2c(=O)n(C3CC3)c(=O)n(-c3cccc(NCC(=O)C(C)(C)c4ccc(C(C)(C)C(=O)CNC[C@H](Cc5cccc(F)c5)NC(=O)c5cc(-c6c(Cl)cnn6C)c(Cl)s5)o4)c3)c12. The van der Waals surface area contributed by atoms with E-state index in [2.05, 4.69) is 26.4 Å². The normalized spacial score (nSPS) is 13.2. The summed E-state index contributed by atoms with van der Waals surface area (Å²) in [6.45, 7) is 8.22. The molecule has 1 amide bonds. The van der Waals surface area contributed by atoms with Gasteiger partial charge in [0.1, 0.15) is 38.7 Å². The third-order valence-corrected chi connectivity index (χ3v) is 16.5. The summed E-state index contributed by atoms with van der Waals surface area (Å²) >= 11 is 16.0. The van der Waals surface area contributed by atoms with E-state index in [1.165, 1.54) is 58.1 Å². The lowest BCUT2D eigenvalue weighted by Gasteiger charge is -2.24. The van der Waals surface area contributed by atoms with Crippen molar-refractivity contribution in [2.45, 2.75) is 76.8 Å². The van der Waals surface area contributed by atoms with Gasteiger partial charge in [-0.25, -0.2) is 13.6 Å². The fourth-order valence-electron chi connectivity index (χ4n) is 9.33. The van der Waals surface area contributed by atoms with Crippen molar-refractivity contribution in [2.75, 3.05) is 30.3 Å². The molecule has 0 saturated heterocycles. The van der Waals surface area contributed by atoms with E-state index in [1.807, 2.05) is 22.6 Å². The van der Waals surface area contributed by atoms with E-state index in [1.54, 1.807) is 100 Å². The first-order valence-corrected chi connectivity index (χ1v) is 27.5. The molecule has 4 N–H and O–H groups in total. The highest BCUT2D eigenvalue weighted by Crippen LogP contribution is 2.39. The molecule has 406 valence electrons. The topological polar surface area (TPSA) is 196 Å². The summed E-state index contributed by atoms with van der Waals surface area (Å²) in [6, 6.07) is 21.3. The Morgan fingerprint density at radius 1 is 0.885 bits per heavy atom. The minimum atomic E-state index is -1.19. The molecule has 1 aliphatic rings. The number of pyridine rings is 1. The maximum absolute atomic E-state index is 15.3. The number of furan rings is 1. The van der Waals surface area contributed by atoms with E-state index in [0.29, 0.717) is 70.4 Å². The number of fused-ring (bicyclic) bond motifs is 1. The average molecular weight is 1230 g/mol. The summed E-state index contributed by atoms with van der Waals surface area (Å²) < 4.78 is 42.2. The summed E-state index contributed by atoms with van der Waals surface area (Å²) in [4.78, 5) is 84.8. The summed E-state index contributed by atoms with van der Waals surface area (Å²) in [6.07, 6.45) is 2.94. The van der Waals surface area contributed by atoms with Crippen LogP contribution in [-0.4, -0.2) is 66.6 Å². The number of aryl methyl sites for hydroxylation is 2. The molecule has 16 nitrogen and oxygen atoms in total. The minimum absolute atomic E-state index is 0.0248. The molecule has 5 heterocycles. The van der Waals surface area contributed by atoms with E-state index in [9.17, 15) is 33.2 Å². The smallest absolute Gasteiger partial charge is 0.336 e. The highest BCUT2D eigenvalue weighted by molar-refractivity contribution is 14.1. The zero-order valence-electron chi connectivity index (χ0n) is 43.4. The van der Waals surface area contributed by atoms with Crippen molar-refractivity contribution in [3.8, 4) is 16.9 Å². The fraction of sp³-hybridized carbons (Fsp3) is 0.304. The number of nitrogens with one attached hydrogen (secondary N) is 4.